The van der Waals surface area contributed by atoms with E-state index in [9.17, 15) is 14.7 Å². The van der Waals surface area contributed by atoms with Crippen molar-refractivity contribution >= 4 is 5.91 Å². The minimum absolute atomic E-state index is 0.127. The molecule has 0 atom stereocenters. The number of amides is 1. The maximum Gasteiger partial charge on any atom is 0.266 e. The lowest BCUT2D eigenvalue weighted by Crippen LogP contribution is -2.37. The second kappa shape index (κ2) is 7.13. The maximum absolute atomic E-state index is 12.7. The molecule has 0 unspecified atom stereocenters. The van der Waals surface area contributed by atoms with Crippen molar-refractivity contribution in [2.75, 3.05) is 13.1 Å². The van der Waals surface area contributed by atoms with E-state index in [1.165, 1.54) is 10.6 Å². The van der Waals surface area contributed by atoms with Crippen molar-refractivity contribution < 1.29 is 9.90 Å². The average molecular weight is 314 g/mol. The van der Waals surface area contributed by atoms with E-state index in [1.807, 2.05) is 44.2 Å². The highest BCUT2D eigenvalue weighted by molar-refractivity contribution is 5.95. The molecular weight excluding hydrogens is 292 g/mol. The van der Waals surface area contributed by atoms with Gasteiger partial charge in [0.25, 0.3) is 11.5 Å². The van der Waals surface area contributed by atoms with Gasteiger partial charge >= 0.3 is 0 Å². The molecule has 1 amide bonds. The Morgan fingerprint density at radius 2 is 1.78 bits per heavy atom. The number of nitrogens with zero attached hydrogens (tertiary/aromatic N) is 2. The van der Waals surface area contributed by atoms with Crippen molar-refractivity contribution in [2.45, 2.75) is 27.3 Å². The molecule has 1 N–H and O–H groups in total. The fourth-order valence-electron chi connectivity index (χ4n) is 2.60. The van der Waals surface area contributed by atoms with Gasteiger partial charge in [-0.1, -0.05) is 30.3 Å². The van der Waals surface area contributed by atoms with Crippen molar-refractivity contribution in [1.82, 2.24) is 9.47 Å². The van der Waals surface area contributed by atoms with E-state index in [-0.39, 0.29) is 23.9 Å². The normalized spacial score (nSPS) is 10.6. The van der Waals surface area contributed by atoms with Crippen LogP contribution in [0.3, 0.4) is 0 Å². The number of aryl methyl sites for hydroxylation is 1. The van der Waals surface area contributed by atoms with Gasteiger partial charge in [-0.15, -0.1) is 0 Å². The Morgan fingerprint density at radius 1 is 1.17 bits per heavy atom. The summed E-state index contributed by atoms with van der Waals surface area (Å²) in [6, 6.07) is 10.8. The number of hydrogen-bond acceptors (Lipinski definition) is 3. The molecule has 0 spiro atoms. The molecule has 23 heavy (non-hydrogen) atoms. The highest BCUT2D eigenvalue weighted by Gasteiger charge is 2.22. The van der Waals surface area contributed by atoms with Gasteiger partial charge in [0.2, 0.25) is 0 Å². The number of hydrogen-bond donors (Lipinski definition) is 1. The van der Waals surface area contributed by atoms with Gasteiger partial charge in [-0.05, 0) is 31.9 Å². The molecule has 0 radical (unpaired) electrons. The van der Waals surface area contributed by atoms with Crippen LogP contribution in [-0.2, 0) is 6.54 Å². The zero-order valence-electron chi connectivity index (χ0n) is 13.7. The van der Waals surface area contributed by atoms with E-state index in [0.29, 0.717) is 18.7 Å². The molecule has 5 nitrogen and oxygen atoms in total. The molecule has 2 rings (SSSR count). The molecule has 0 aliphatic heterocycles. The van der Waals surface area contributed by atoms with E-state index < -0.39 is 5.56 Å². The zero-order chi connectivity index (χ0) is 17.0. The fourth-order valence-corrected chi connectivity index (χ4v) is 2.60. The number of rotatable bonds is 5. The van der Waals surface area contributed by atoms with Gasteiger partial charge in [0.05, 0.1) is 6.54 Å². The van der Waals surface area contributed by atoms with Crippen LogP contribution in [0.4, 0.5) is 0 Å². The smallest absolute Gasteiger partial charge is 0.266 e. The van der Waals surface area contributed by atoms with Crippen LogP contribution in [0.2, 0.25) is 0 Å². The number of aromatic hydroxyl groups is 1. The molecule has 1 aromatic carbocycles. The summed E-state index contributed by atoms with van der Waals surface area (Å²) < 4.78 is 1.24. The van der Waals surface area contributed by atoms with Crippen molar-refractivity contribution in [3.8, 4) is 5.88 Å². The number of benzene rings is 1. The summed E-state index contributed by atoms with van der Waals surface area (Å²) in [5.41, 5.74) is 1.05. The van der Waals surface area contributed by atoms with Gasteiger partial charge < -0.3 is 10.0 Å². The first-order chi connectivity index (χ1) is 11.0. The van der Waals surface area contributed by atoms with E-state index in [4.69, 9.17) is 0 Å². The van der Waals surface area contributed by atoms with Gasteiger partial charge in [0.1, 0.15) is 5.56 Å². The Balaban J connectivity index is 2.51. The number of carbonyl (C=O) groups is 1. The first-order valence-electron chi connectivity index (χ1n) is 7.76. The first-order valence-corrected chi connectivity index (χ1v) is 7.76. The standard InChI is InChI=1S/C18H22N2O3/c1-4-19(5-2)17(22)16-13(3)11-15(21)20(18(16)23)12-14-9-7-6-8-10-14/h6-11,21H,4-5,12H2,1-3H3. The fraction of sp³-hybridized carbons (Fsp3) is 0.333. The highest BCUT2D eigenvalue weighted by Crippen LogP contribution is 2.16. The molecular formula is C18H22N2O3. The molecule has 1 aromatic heterocycles. The Morgan fingerprint density at radius 3 is 2.35 bits per heavy atom. The van der Waals surface area contributed by atoms with E-state index in [0.717, 1.165) is 5.56 Å². The molecule has 0 saturated heterocycles. The molecule has 122 valence electrons. The third kappa shape index (κ3) is 3.44. The summed E-state index contributed by atoms with van der Waals surface area (Å²) in [7, 11) is 0. The summed E-state index contributed by atoms with van der Waals surface area (Å²) in [6.45, 7) is 6.72. The molecule has 0 aliphatic carbocycles. The molecule has 5 heteroatoms. The van der Waals surface area contributed by atoms with Crippen LogP contribution < -0.4 is 5.56 Å². The van der Waals surface area contributed by atoms with Crippen LogP contribution in [0.1, 0.15) is 35.3 Å². The van der Waals surface area contributed by atoms with Crippen LogP contribution in [0, 0.1) is 6.92 Å². The average Bonchev–Trinajstić information content (AvgIpc) is 2.53. The molecule has 0 fully saturated rings. The third-order valence-corrected chi connectivity index (χ3v) is 3.92. The number of pyridine rings is 1. The lowest BCUT2D eigenvalue weighted by Gasteiger charge is -2.20. The summed E-state index contributed by atoms with van der Waals surface area (Å²) in [5, 5.41) is 10.1. The molecule has 2 aromatic rings. The lowest BCUT2D eigenvalue weighted by molar-refractivity contribution is 0.0769. The number of carbonyl (C=O) groups excluding carboxylic acids is 1. The monoisotopic (exact) mass is 314 g/mol. The van der Waals surface area contributed by atoms with Gasteiger partial charge in [-0.2, -0.15) is 0 Å². The summed E-state index contributed by atoms with van der Waals surface area (Å²) in [6.07, 6.45) is 0. The predicted octanol–water partition coefficient (Wildman–Crippen LogP) is 2.39. The van der Waals surface area contributed by atoms with Gasteiger partial charge in [0, 0.05) is 19.2 Å². The Hall–Kier alpha value is -2.56. The van der Waals surface area contributed by atoms with Crippen LogP contribution in [0.5, 0.6) is 5.88 Å². The van der Waals surface area contributed by atoms with E-state index in [1.54, 1.807) is 11.8 Å². The lowest BCUT2D eigenvalue weighted by atomic mass is 10.1. The number of aromatic nitrogens is 1. The SMILES string of the molecule is CCN(CC)C(=O)c1c(C)cc(O)n(Cc2ccccc2)c1=O. The second-order valence-corrected chi connectivity index (χ2v) is 5.41. The molecule has 0 saturated carbocycles. The van der Waals surface area contributed by atoms with Crippen molar-refractivity contribution in [2.24, 2.45) is 0 Å². The van der Waals surface area contributed by atoms with Crippen LogP contribution in [-0.4, -0.2) is 33.6 Å². The third-order valence-electron chi connectivity index (χ3n) is 3.92. The minimum atomic E-state index is -0.455. The van der Waals surface area contributed by atoms with Crippen molar-refractivity contribution in [3.63, 3.8) is 0 Å². The van der Waals surface area contributed by atoms with Gasteiger partial charge in [-0.25, -0.2) is 0 Å². The summed E-state index contributed by atoms with van der Waals surface area (Å²) in [4.78, 5) is 26.9. The summed E-state index contributed by atoms with van der Waals surface area (Å²) >= 11 is 0. The molecule has 1 heterocycles. The zero-order valence-corrected chi connectivity index (χ0v) is 13.7. The van der Waals surface area contributed by atoms with Crippen LogP contribution in [0.25, 0.3) is 0 Å². The van der Waals surface area contributed by atoms with Crippen molar-refractivity contribution in [1.29, 1.82) is 0 Å². The first kappa shape index (κ1) is 16.8. The minimum Gasteiger partial charge on any atom is -0.494 e. The Labute approximate surface area is 135 Å². The predicted molar refractivity (Wildman–Crippen MR) is 89.9 cm³/mol. The second-order valence-electron chi connectivity index (χ2n) is 5.41. The maximum atomic E-state index is 12.7. The summed E-state index contributed by atoms with van der Waals surface area (Å²) in [5.74, 6) is -0.424. The molecule has 0 bridgehead atoms. The van der Waals surface area contributed by atoms with Crippen molar-refractivity contribution in [3.05, 3.63) is 63.4 Å². The Bertz CT molecular complexity index is 747. The van der Waals surface area contributed by atoms with Crippen LogP contribution >= 0.6 is 0 Å². The van der Waals surface area contributed by atoms with E-state index >= 15 is 0 Å². The van der Waals surface area contributed by atoms with Crippen LogP contribution in [0.15, 0.2) is 41.2 Å². The van der Waals surface area contributed by atoms with Gasteiger partial charge in [0.15, 0.2) is 5.88 Å². The van der Waals surface area contributed by atoms with Gasteiger partial charge in [-0.3, -0.25) is 14.2 Å². The van der Waals surface area contributed by atoms with E-state index in [2.05, 4.69) is 0 Å². The largest absolute Gasteiger partial charge is 0.494 e. The topological polar surface area (TPSA) is 62.5 Å². The highest BCUT2D eigenvalue weighted by atomic mass is 16.3. The quantitative estimate of drug-likeness (QED) is 0.922. The Kier molecular flexibility index (Phi) is 5.21. The molecule has 0 aliphatic rings.